The zero-order valence-electron chi connectivity index (χ0n) is 14.6. The molecule has 0 spiro atoms. The summed E-state index contributed by atoms with van der Waals surface area (Å²) in [6.45, 7) is 3.60. The van der Waals surface area contributed by atoms with Gasteiger partial charge in [0.15, 0.2) is 0 Å². The first kappa shape index (κ1) is 17.8. The van der Waals surface area contributed by atoms with E-state index in [2.05, 4.69) is 16.3 Å². The molecule has 1 aliphatic rings. The minimum absolute atomic E-state index is 0.101. The Hall–Kier alpha value is -2.55. The summed E-state index contributed by atoms with van der Waals surface area (Å²) >= 11 is 1.22. The number of hydrogen-bond donors (Lipinski definition) is 1. The predicted octanol–water partition coefficient (Wildman–Crippen LogP) is 1.46. The van der Waals surface area contributed by atoms with Crippen LogP contribution < -0.4 is 10.8 Å². The molecule has 1 atom stereocenters. The highest BCUT2D eigenvalue weighted by atomic mass is 32.2. The van der Waals surface area contributed by atoms with E-state index in [1.54, 1.807) is 13.0 Å². The van der Waals surface area contributed by atoms with Gasteiger partial charge < -0.3 is 0 Å². The molecule has 2 N–H and O–H groups in total. The monoisotopic (exact) mass is 404 g/mol. The number of hydrogen-bond acceptors (Lipinski definition) is 7. The molecule has 0 aliphatic heterocycles. The van der Waals surface area contributed by atoms with Crippen molar-refractivity contribution >= 4 is 32.4 Å². The van der Waals surface area contributed by atoms with Crippen molar-refractivity contribution in [3.05, 3.63) is 33.7 Å². The second-order valence-electron chi connectivity index (χ2n) is 6.73. The number of imidazole rings is 1. The molecule has 140 valence electrons. The van der Waals surface area contributed by atoms with Crippen molar-refractivity contribution in [2.24, 2.45) is 10.6 Å². The molecule has 0 saturated heterocycles. The summed E-state index contributed by atoms with van der Waals surface area (Å²) in [6.07, 6.45) is 1.44. The fourth-order valence-corrected chi connectivity index (χ4v) is 4.55. The van der Waals surface area contributed by atoms with Crippen molar-refractivity contribution in [3.8, 4) is 11.2 Å². The summed E-state index contributed by atoms with van der Waals surface area (Å²) in [5.74, 6) is 0. The largest absolute Gasteiger partial charge is 0.335 e. The summed E-state index contributed by atoms with van der Waals surface area (Å²) in [4.78, 5) is 13.2. The van der Waals surface area contributed by atoms with Crippen LogP contribution in [-0.2, 0) is 10.0 Å². The first-order chi connectivity index (χ1) is 12.7. The number of sulfonamides is 1. The van der Waals surface area contributed by atoms with Crippen LogP contribution in [0, 0.1) is 23.7 Å². The molecule has 9 nitrogen and oxygen atoms in total. The molecule has 4 rings (SSSR count). The Kier molecular flexibility index (Phi) is 3.78. The molecule has 1 saturated carbocycles. The molecule has 11 heteroatoms. The second kappa shape index (κ2) is 5.72. The molecule has 1 unspecified atom stereocenters. The van der Waals surface area contributed by atoms with Crippen LogP contribution in [0.4, 0.5) is 0 Å². The van der Waals surface area contributed by atoms with Crippen LogP contribution in [0.25, 0.3) is 16.2 Å². The van der Waals surface area contributed by atoms with E-state index >= 15 is 0 Å². The zero-order valence-corrected chi connectivity index (χ0v) is 16.2. The quantitative estimate of drug-likeness (QED) is 0.699. The van der Waals surface area contributed by atoms with E-state index in [1.165, 1.54) is 32.6 Å². The van der Waals surface area contributed by atoms with E-state index in [0.717, 1.165) is 12.8 Å². The van der Waals surface area contributed by atoms with Crippen LogP contribution in [0.15, 0.2) is 27.9 Å². The summed E-state index contributed by atoms with van der Waals surface area (Å²) in [7, 11) is -3.94. The Bertz CT molecular complexity index is 1270. The lowest BCUT2D eigenvalue weighted by Gasteiger charge is -2.18. The number of nitrogens with zero attached hydrogens (tertiary/aromatic N) is 5. The maximum Gasteiger partial charge on any atom is 0.335 e. The van der Waals surface area contributed by atoms with Gasteiger partial charge in [-0.15, -0.1) is 10.2 Å². The number of aryl methyl sites for hydroxylation is 1. The highest BCUT2D eigenvalue weighted by Crippen LogP contribution is 2.53. The minimum atomic E-state index is -3.94. The molecule has 2 aromatic heterocycles. The Morgan fingerprint density at radius 1 is 1.33 bits per heavy atom. The first-order valence-electron chi connectivity index (χ1n) is 8.19. The molecule has 27 heavy (non-hydrogen) atoms. The Labute approximate surface area is 158 Å². The van der Waals surface area contributed by atoms with E-state index in [4.69, 9.17) is 5.14 Å². The van der Waals surface area contributed by atoms with Crippen LogP contribution in [0.1, 0.15) is 30.8 Å². The van der Waals surface area contributed by atoms with Gasteiger partial charge >= 0.3 is 5.69 Å². The summed E-state index contributed by atoms with van der Waals surface area (Å²) in [5, 5.41) is 23.8. The molecule has 1 aromatic carbocycles. The molecule has 1 aliphatic carbocycles. The normalized spacial score (nSPS) is 17.0. The molecule has 3 aromatic rings. The molecule has 0 amide bonds. The van der Waals surface area contributed by atoms with Crippen molar-refractivity contribution < 1.29 is 8.42 Å². The van der Waals surface area contributed by atoms with Crippen molar-refractivity contribution in [1.29, 1.82) is 5.26 Å². The third kappa shape index (κ3) is 2.68. The third-order valence-electron chi connectivity index (χ3n) is 5.08. The Morgan fingerprint density at radius 2 is 2.04 bits per heavy atom. The third-order valence-corrected chi connectivity index (χ3v) is 6.81. The van der Waals surface area contributed by atoms with Gasteiger partial charge in [-0.05, 0) is 44.9 Å². The van der Waals surface area contributed by atoms with E-state index in [9.17, 15) is 18.5 Å². The van der Waals surface area contributed by atoms with Crippen LogP contribution in [0.2, 0.25) is 0 Å². The lowest BCUT2D eigenvalue weighted by Crippen LogP contribution is -2.29. The second-order valence-corrected chi connectivity index (χ2v) is 9.45. The van der Waals surface area contributed by atoms with Crippen molar-refractivity contribution in [2.45, 2.75) is 37.6 Å². The summed E-state index contributed by atoms with van der Waals surface area (Å²) in [5.41, 5.74) is -0.0854. The molecule has 2 heterocycles. The molecule has 0 bridgehead atoms. The standard InChI is InChI=1S/C16H16N6O3S2/c1-9(16(8-17)5-6-16)21-12-4-3-11(27(18,24)25)7-13(12)22(15(21)23)14-20-19-10(2)26-14/h3-4,7,9H,5-6H2,1-2H3,(H2,18,24,25). The van der Waals surface area contributed by atoms with Crippen LogP contribution in [0.3, 0.4) is 0 Å². The highest BCUT2D eigenvalue weighted by molar-refractivity contribution is 7.89. The predicted molar refractivity (Wildman–Crippen MR) is 99.1 cm³/mol. The van der Waals surface area contributed by atoms with Gasteiger partial charge in [0.1, 0.15) is 5.01 Å². The number of nitrogens with two attached hydrogens (primary N) is 1. The van der Waals surface area contributed by atoms with E-state index in [1.807, 2.05) is 6.92 Å². The van der Waals surface area contributed by atoms with E-state index in [0.29, 0.717) is 21.2 Å². The van der Waals surface area contributed by atoms with Crippen LogP contribution in [-0.4, -0.2) is 27.7 Å². The molecule has 1 fully saturated rings. The number of aromatic nitrogens is 4. The SMILES string of the molecule is Cc1nnc(-n2c(=O)n(C(C)C3(C#N)CC3)c3ccc(S(N)(=O)=O)cc32)s1. The summed E-state index contributed by atoms with van der Waals surface area (Å²) in [6, 6.07) is 6.22. The van der Waals surface area contributed by atoms with Crippen molar-refractivity contribution in [2.75, 3.05) is 0 Å². The lowest BCUT2D eigenvalue weighted by molar-refractivity contribution is 0.405. The molecule has 0 radical (unpaired) electrons. The van der Waals surface area contributed by atoms with Gasteiger partial charge in [-0.3, -0.25) is 4.57 Å². The highest BCUT2D eigenvalue weighted by Gasteiger charge is 2.50. The van der Waals surface area contributed by atoms with Gasteiger partial charge in [-0.1, -0.05) is 11.3 Å². The fourth-order valence-electron chi connectivity index (χ4n) is 3.32. The Morgan fingerprint density at radius 3 is 2.56 bits per heavy atom. The molecular weight excluding hydrogens is 388 g/mol. The van der Waals surface area contributed by atoms with Gasteiger partial charge in [0.2, 0.25) is 15.2 Å². The maximum atomic E-state index is 13.3. The van der Waals surface area contributed by atoms with Gasteiger partial charge in [0.05, 0.1) is 33.5 Å². The van der Waals surface area contributed by atoms with E-state index < -0.39 is 15.4 Å². The average Bonchev–Trinajstić information content (AvgIpc) is 3.22. The number of fused-ring (bicyclic) bond motifs is 1. The van der Waals surface area contributed by atoms with Gasteiger partial charge in [0.25, 0.3) is 0 Å². The topological polar surface area (TPSA) is 137 Å². The van der Waals surface area contributed by atoms with Crippen LogP contribution >= 0.6 is 11.3 Å². The van der Waals surface area contributed by atoms with Gasteiger partial charge in [-0.2, -0.15) is 5.26 Å². The lowest BCUT2D eigenvalue weighted by atomic mass is 10.00. The van der Waals surface area contributed by atoms with Crippen LogP contribution in [0.5, 0.6) is 0 Å². The minimum Gasteiger partial charge on any atom is -0.287 e. The van der Waals surface area contributed by atoms with Gasteiger partial charge in [-0.25, -0.2) is 22.9 Å². The number of nitriles is 1. The molecular formula is C16H16N6O3S2. The number of rotatable bonds is 4. The van der Waals surface area contributed by atoms with Gasteiger partial charge in [0, 0.05) is 0 Å². The maximum absolute atomic E-state index is 13.3. The summed E-state index contributed by atoms with van der Waals surface area (Å²) < 4.78 is 26.4. The zero-order chi connectivity index (χ0) is 19.6. The first-order valence-corrected chi connectivity index (χ1v) is 10.6. The van der Waals surface area contributed by atoms with E-state index in [-0.39, 0.29) is 16.6 Å². The number of benzene rings is 1. The van der Waals surface area contributed by atoms with Crippen molar-refractivity contribution in [3.63, 3.8) is 0 Å². The smallest absolute Gasteiger partial charge is 0.287 e. The average molecular weight is 404 g/mol. The fraction of sp³-hybridized carbons (Fsp3) is 0.375. The number of primary sulfonamides is 1. The van der Waals surface area contributed by atoms with Crippen molar-refractivity contribution in [1.82, 2.24) is 19.3 Å². The Balaban J connectivity index is 2.07.